The van der Waals surface area contributed by atoms with Crippen LogP contribution in [-0.4, -0.2) is 46.0 Å². The summed E-state index contributed by atoms with van der Waals surface area (Å²) in [5, 5.41) is 4.28. The zero-order valence-electron chi connectivity index (χ0n) is 17.2. The average molecular weight is 429 g/mol. The number of para-hydroxylation sites is 1. The van der Waals surface area contributed by atoms with Crippen LogP contribution in [0.25, 0.3) is 31.9 Å². The van der Waals surface area contributed by atoms with Gasteiger partial charge in [-0.25, -0.2) is 9.97 Å². The van der Waals surface area contributed by atoms with E-state index in [9.17, 15) is 0 Å². The van der Waals surface area contributed by atoms with Crippen molar-refractivity contribution in [3.05, 3.63) is 66.9 Å². The minimum Gasteiger partial charge on any atom is -0.383 e. The number of hydrogen-bond acceptors (Lipinski definition) is 7. The summed E-state index contributed by atoms with van der Waals surface area (Å²) in [6.07, 6.45) is 7.26. The van der Waals surface area contributed by atoms with Crippen molar-refractivity contribution in [2.75, 3.05) is 37.2 Å². The highest BCUT2D eigenvalue weighted by atomic mass is 32.1. The molecule has 3 heterocycles. The van der Waals surface area contributed by atoms with Crippen molar-refractivity contribution in [3.8, 4) is 21.7 Å². The Morgan fingerprint density at radius 3 is 2.68 bits per heavy atom. The maximum absolute atomic E-state index is 6.29. The number of nitrogens with one attached hydrogen (secondary N) is 1. The van der Waals surface area contributed by atoms with Gasteiger partial charge < -0.3 is 11.1 Å². The van der Waals surface area contributed by atoms with E-state index in [4.69, 9.17) is 10.7 Å². The molecule has 0 saturated heterocycles. The van der Waals surface area contributed by atoms with Gasteiger partial charge in [0.05, 0.1) is 10.2 Å². The molecule has 0 radical (unpaired) electrons. The van der Waals surface area contributed by atoms with Crippen LogP contribution in [0.4, 0.5) is 11.8 Å². The Morgan fingerprint density at radius 1 is 1.00 bits per heavy atom. The highest BCUT2D eigenvalue weighted by molar-refractivity contribution is 7.21. The molecule has 0 amide bonds. The van der Waals surface area contributed by atoms with E-state index in [1.54, 1.807) is 17.5 Å². The Labute approximate surface area is 185 Å². The first-order valence-corrected chi connectivity index (χ1v) is 11.3. The molecule has 0 atom stereocenters. The number of fused-ring (bicyclic) bond motifs is 1. The van der Waals surface area contributed by atoms with Gasteiger partial charge in [-0.3, -0.25) is 4.90 Å². The molecule has 156 valence electrons. The predicted octanol–water partition coefficient (Wildman–Crippen LogP) is 4.68. The summed E-state index contributed by atoms with van der Waals surface area (Å²) in [5.41, 5.74) is 10.2. The molecule has 2 aromatic carbocycles. The molecule has 4 aromatic rings. The molecular formula is C24H24N6S. The van der Waals surface area contributed by atoms with Gasteiger partial charge in [0.25, 0.3) is 0 Å². The van der Waals surface area contributed by atoms with Gasteiger partial charge in [-0.05, 0) is 30.2 Å². The fraction of sp³-hybridized carbons (Fsp3) is 0.208. The molecule has 0 aliphatic carbocycles. The third-order valence-electron chi connectivity index (χ3n) is 5.36. The van der Waals surface area contributed by atoms with Gasteiger partial charge in [-0.15, -0.1) is 11.3 Å². The van der Waals surface area contributed by atoms with E-state index in [0.717, 1.165) is 59.8 Å². The lowest BCUT2D eigenvalue weighted by Crippen LogP contribution is -2.23. The maximum Gasteiger partial charge on any atom is 0.224 e. The zero-order valence-corrected chi connectivity index (χ0v) is 18.0. The number of rotatable bonds is 7. The van der Waals surface area contributed by atoms with Crippen LogP contribution in [0.5, 0.6) is 0 Å². The minimum atomic E-state index is 0.475. The normalized spacial score (nSPS) is 13.8. The molecule has 5 rings (SSSR count). The minimum absolute atomic E-state index is 0.475. The summed E-state index contributed by atoms with van der Waals surface area (Å²) in [6, 6.07) is 16.4. The van der Waals surface area contributed by atoms with Crippen molar-refractivity contribution in [3.63, 3.8) is 0 Å². The second kappa shape index (κ2) is 8.83. The quantitative estimate of drug-likeness (QED) is 0.329. The van der Waals surface area contributed by atoms with Crippen LogP contribution in [0.2, 0.25) is 0 Å². The monoisotopic (exact) mass is 428 g/mol. The number of hydrogen-bond donors (Lipinski definition) is 2. The molecule has 6 nitrogen and oxygen atoms in total. The fourth-order valence-electron chi connectivity index (χ4n) is 3.73. The molecule has 0 unspecified atom stereocenters. The van der Waals surface area contributed by atoms with E-state index in [-0.39, 0.29) is 0 Å². The van der Waals surface area contributed by atoms with E-state index in [2.05, 4.69) is 50.5 Å². The molecule has 7 heteroatoms. The molecule has 31 heavy (non-hydrogen) atoms. The van der Waals surface area contributed by atoms with Gasteiger partial charge in [-0.1, -0.05) is 42.5 Å². The first kappa shape index (κ1) is 19.7. The molecule has 0 spiro atoms. The molecule has 0 saturated carbocycles. The highest BCUT2D eigenvalue weighted by Crippen LogP contribution is 2.33. The molecule has 0 fully saturated rings. The summed E-state index contributed by atoms with van der Waals surface area (Å²) < 4.78 is 1.18. The number of anilines is 2. The van der Waals surface area contributed by atoms with Gasteiger partial charge in [0.2, 0.25) is 5.95 Å². The van der Waals surface area contributed by atoms with Crippen LogP contribution in [-0.2, 0) is 0 Å². The molecule has 1 aliphatic heterocycles. The Balaban J connectivity index is 1.29. The molecule has 2 aromatic heterocycles. The van der Waals surface area contributed by atoms with Crippen molar-refractivity contribution in [1.29, 1.82) is 0 Å². The van der Waals surface area contributed by atoms with Crippen molar-refractivity contribution < 1.29 is 0 Å². The van der Waals surface area contributed by atoms with Gasteiger partial charge in [0.1, 0.15) is 10.8 Å². The van der Waals surface area contributed by atoms with E-state index in [0.29, 0.717) is 11.8 Å². The number of thiazole rings is 1. The number of benzene rings is 2. The van der Waals surface area contributed by atoms with Crippen LogP contribution in [0.15, 0.2) is 66.9 Å². The van der Waals surface area contributed by atoms with Crippen LogP contribution in [0, 0.1) is 0 Å². The maximum atomic E-state index is 6.29. The van der Waals surface area contributed by atoms with E-state index in [1.165, 1.54) is 4.70 Å². The van der Waals surface area contributed by atoms with E-state index >= 15 is 0 Å². The number of nitrogen functional groups attached to an aromatic ring is 1. The van der Waals surface area contributed by atoms with Crippen molar-refractivity contribution in [1.82, 2.24) is 19.9 Å². The average Bonchev–Trinajstić information content (AvgIpc) is 3.47. The third-order valence-corrected chi connectivity index (χ3v) is 6.45. The van der Waals surface area contributed by atoms with Crippen molar-refractivity contribution in [2.24, 2.45) is 0 Å². The van der Waals surface area contributed by atoms with Crippen LogP contribution < -0.4 is 11.1 Å². The van der Waals surface area contributed by atoms with Crippen molar-refractivity contribution in [2.45, 2.75) is 6.42 Å². The first-order valence-electron chi connectivity index (χ1n) is 10.5. The second-order valence-electron chi connectivity index (χ2n) is 7.57. The number of nitrogens with two attached hydrogens (primary N) is 1. The third kappa shape index (κ3) is 4.42. The lowest BCUT2D eigenvalue weighted by Gasteiger charge is -2.14. The van der Waals surface area contributed by atoms with Crippen LogP contribution in [0.3, 0.4) is 0 Å². The Morgan fingerprint density at radius 2 is 1.84 bits per heavy atom. The van der Waals surface area contributed by atoms with Gasteiger partial charge in [-0.2, -0.15) is 4.98 Å². The summed E-state index contributed by atoms with van der Waals surface area (Å²) in [4.78, 5) is 16.1. The molecule has 1 aliphatic rings. The SMILES string of the molecule is Nc1nc(NCCCN2CC=CC2)ncc1-c1cccc(-c2nc3ccccc3s2)c1. The lowest BCUT2D eigenvalue weighted by atomic mass is 10.1. The second-order valence-corrected chi connectivity index (χ2v) is 8.60. The van der Waals surface area contributed by atoms with Gasteiger partial charge in [0, 0.05) is 43.5 Å². The molecular weight excluding hydrogens is 404 g/mol. The zero-order chi connectivity index (χ0) is 21.0. The van der Waals surface area contributed by atoms with Gasteiger partial charge >= 0.3 is 0 Å². The number of nitrogens with zero attached hydrogens (tertiary/aromatic N) is 4. The smallest absolute Gasteiger partial charge is 0.224 e. The fourth-order valence-corrected chi connectivity index (χ4v) is 4.69. The standard InChI is InChI=1S/C24H24N6S/c25-22-19(16-27-24(29-22)26-11-6-14-30-12-3-4-13-30)17-7-5-8-18(15-17)23-28-20-9-1-2-10-21(20)31-23/h1-5,7-10,15-16H,6,11-14H2,(H3,25,26,27,29). The van der Waals surface area contributed by atoms with E-state index < -0.39 is 0 Å². The largest absolute Gasteiger partial charge is 0.383 e. The lowest BCUT2D eigenvalue weighted by molar-refractivity contribution is 0.351. The molecule has 0 bridgehead atoms. The predicted molar refractivity (Wildman–Crippen MR) is 129 cm³/mol. The summed E-state index contributed by atoms with van der Waals surface area (Å²) in [6.45, 7) is 3.98. The van der Waals surface area contributed by atoms with Crippen LogP contribution in [0.1, 0.15) is 6.42 Å². The Hall–Kier alpha value is -3.29. The van der Waals surface area contributed by atoms with Crippen molar-refractivity contribution >= 4 is 33.3 Å². The van der Waals surface area contributed by atoms with E-state index in [1.807, 2.05) is 30.3 Å². The highest BCUT2D eigenvalue weighted by Gasteiger charge is 2.11. The number of aromatic nitrogens is 3. The summed E-state index contributed by atoms with van der Waals surface area (Å²) in [5.74, 6) is 1.05. The topological polar surface area (TPSA) is 80.0 Å². The van der Waals surface area contributed by atoms with Gasteiger partial charge in [0.15, 0.2) is 0 Å². The van der Waals surface area contributed by atoms with Crippen LogP contribution >= 0.6 is 11.3 Å². The summed E-state index contributed by atoms with van der Waals surface area (Å²) >= 11 is 1.69. The Kier molecular flexibility index (Phi) is 5.60. The Bertz CT molecular complexity index is 1190. The molecule has 3 N–H and O–H groups in total. The summed E-state index contributed by atoms with van der Waals surface area (Å²) in [7, 11) is 0. The first-order chi connectivity index (χ1) is 15.3.